The van der Waals surface area contributed by atoms with Crippen molar-refractivity contribution in [2.24, 2.45) is 22.9 Å². The number of carbonyl (C=O) groups excluding carboxylic acids is 2. The zero-order valence-electron chi connectivity index (χ0n) is 17.1. The summed E-state index contributed by atoms with van der Waals surface area (Å²) in [5.74, 6) is -0.374. The summed E-state index contributed by atoms with van der Waals surface area (Å²) in [4.78, 5) is 30.3. The van der Waals surface area contributed by atoms with E-state index in [1.807, 2.05) is 25.7 Å². The minimum atomic E-state index is -0.595. The Kier molecular flexibility index (Phi) is 4.97. The van der Waals surface area contributed by atoms with E-state index >= 15 is 0 Å². The number of hydrogen-bond donors (Lipinski definition) is 0. The summed E-state index contributed by atoms with van der Waals surface area (Å²) in [6.45, 7) is 6.86. The molecule has 0 aromatic heterocycles. The van der Waals surface area contributed by atoms with Crippen molar-refractivity contribution in [1.29, 1.82) is 0 Å². The predicted octanol–water partition coefficient (Wildman–Crippen LogP) is 3.49. The Balaban J connectivity index is 1.43. The third kappa shape index (κ3) is 3.75. The van der Waals surface area contributed by atoms with Gasteiger partial charge in [0.05, 0.1) is 29.9 Å². The van der Waals surface area contributed by atoms with Crippen LogP contribution >= 0.6 is 0 Å². The molecule has 30 heavy (non-hydrogen) atoms. The van der Waals surface area contributed by atoms with Crippen LogP contribution in [0.25, 0.3) is 10.4 Å². The monoisotopic (exact) mass is 417 g/mol. The van der Waals surface area contributed by atoms with E-state index in [0.717, 1.165) is 0 Å². The average molecular weight is 417 g/mol. The molecule has 1 aliphatic carbocycles. The number of halogens is 1. The molecule has 4 rings (SSSR count). The van der Waals surface area contributed by atoms with Gasteiger partial charge in [-0.15, -0.1) is 0 Å². The third-order valence-electron chi connectivity index (χ3n) is 5.74. The molecule has 1 amide bonds. The Bertz CT molecular complexity index is 914. The summed E-state index contributed by atoms with van der Waals surface area (Å²) < 4.78 is 25.4. The molecule has 0 N–H and O–H groups in total. The molecule has 1 aromatic rings. The number of piperidine rings is 1. The van der Waals surface area contributed by atoms with Gasteiger partial charge in [-0.1, -0.05) is 5.11 Å². The van der Waals surface area contributed by atoms with Gasteiger partial charge in [-0.3, -0.25) is 9.69 Å². The molecule has 1 saturated carbocycles. The third-order valence-corrected chi connectivity index (χ3v) is 5.74. The van der Waals surface area contributed by atoms with E-state index in [1.54, 1.807) is 12.1 Å². The van der Waals surface area contributed by atoms with Gasteiger partial charge in [-0.2, -0.15) is 0 Å². The Morgan fingerprint density at radius 3 is 2.67 bits per heavy atom. The van der Waals surface area contributed by atoms with Crippen molar-refractivity contribution in [3.63, 3.8) is 0 Å². The lowest BCUT2D eigenvalue weighted by atomic mass is 10.1. The van der Waals surface area contributed by atoms with Crippen LogP contribution in [0.15, 0.2) is 23.3 Å². The zero-order valence-corrected chi connectivity index (χ0v) is 17.1. The largest absolute Gasteiger partial charge is 0.460 e. The molecule has 1 unspecified atom stereocenters. The molecule has 0 bridgehead atoms. The minimum Gasteiger partial charge on any atom is -0.460 e. The average Bonchev–Trinajstić information content (AvgIpc) is 2.97. The molecular formula is C20H24FN5O4. The number of hydrogen-bond acceptors (Lipinski definition) is 6. The molecule has 1 aromatic carbocycles. The van der Waals surface area contributed by atoms with Crippen LogP contribution in [0.2, 0.25) is 0 Å². The maximum Gasteiger partial charge on any atom is 0.414 e. The molecule has 2 saturated heterocycles. The van der Waals surface area contributed by atoms with Gasteiger partial charge in [0.2, 0.25) is 0 Å². The van der Waals surface area contributed by atoms with Crippen LogP contribution in [0, 0.1) is 23.6 Å². The molecule has 0 spiro atoms. The first-order chi connectivity index (χ1) is 14.2. The molecular weight excluding hydrogens is 393 g/mol. The summed E-state index contributed by atoms with van der Waals surface area (Å²) in [6.07, 6.45) is -0.595. The Morgan fingerprint density at radius 1 is 1.37 bits per heavy atom. The van der Waals surface area contributed by atoms with Crippen LogP contribution in [0.3, 0.4) is 0 Å². The van der Waals surface area contributed by atoms with Gasteiger partial charge in [0.25, 0.3) is 0 Å². The topological polar surface area (TPSA) is 108 Å². The lowest BCUT2D eigenvalue weighted by Gasteiger charge is -2.25. The van der Waals surface area contributed by atoms with Gasteiger partial charge < -0.3 is 14.4 Å². The van der Waals surface area contributed by atoms with E-state index in [1.165, 1.54) is 11.0 Å². The number of cyclic esters (lactones) is 1. The summed E-state index contributed by atoms with van der Waals surface area (Å²) in [5, 5.41) is 3.49. The van der Waals surface area contributed by atoms with E-state index in [2.05, 4.69) is 10.0 Å². The number of fused-ring (bicyclic) bond motifs is 1. The normalized spacial score (nSPS) is 27.4. The summed E-state index contributed by atoms with van der Waals surface area (Å²) in [5.41, 5.74) is 8.79. The first-order valence-electron chi connectivity index (χ1n) is 9.94. The van der Waals surface area contributed by atoms with E-state index in [0.29, 0.717) is 24.5 Å². The van der Waals surface area contributed by atoms with Gasteiger partial charge in [0.1, 0.15) is 18.0 Å². The fourth-order valence-electron chi connectivity index (χ4n) is 4.39. The molecule has 3 fully saturated rings. The van der Waals surface area contributed by atoms with Crippen molar-refractivity contribution in [3.05, 3.63) is 34.5 Å². The summed E-state index contributed by atoms with van der Waals surface area (Å²) in [7, 11) is 0. The Morgan fingerprint density at radius 2 is 2.07 bits per heavy atom. The first kappa shape index (κ1) is 20.3. The van der Waals surface area contributed by atoms with Gasteiger partial charge in [0, 0.05) is 18.0 Å². The van der Waals surface area contributed by atoms with Crippen molar-refractivity contribution >= 4 is 23.4 Å². The number of benzene rings is 1. The molecule has 160 valence electrons. The summed E-state index contributed by atoms with van der Waals surface area (Å²) >= 11 is 0. The molecule has 2 heterocycles. The quantitative estimate of drug-likeness (QED) is 0.315. The van der Waals surface area contributed by atoms with E-state index in [-0.39, 0.29) is 36.9 Å². The van der Waals surface area contributed by atoms with Crippen molar-refractivity contribution in [1.82, 2.24) is 0 Å². The molecule has 9 nitrogen and oxygen atoms in total. The van der Waals surface area contributed by atoms with Crippen LogP contribution in [0.1, 0.15) is 20.8 Å². The number of rotatable bonds is 5. The lowest BCUT2D eigenvalue weighted by molar-refractivity contribution is -0.157. The highest BCUT2D eigenvalue weighted by Crippen LogP contribution is 2.53. The van der Waals surface area contributed by atoms with E-state index in [9.17, 15) is 14.0 Å². The predicted molar refractivity (Wildman–Crippen MR) is 107 cm³/mol. The maximum absolute atomic E-state index is 14.9. The highest BCUT2D eigenvalue weighted by molar-refractivity contribution is 5.90. The van der Waals surface area contributed by atoms with Crippen molar-refractivity contribution in [2.75, 3.05) is 36.0 Å². The minimum absolute atomic E-state index is 0.0488. The van der Waals surface area contributed by atoms with Crippen LogP contribution in [-0.4, -0.2) is 49.9 Å². The molecule has 2 aliphatic heterocycles. The fourth-order valence-corrected chi connectivity index (χ4v) is 4.39. The SMILES string of the molecule is CC(C)(C)OC(=O)C1[C@H]2CN(c3ccc(N4C(=O)OC[C@@H]4CN=[N+]=[N-])cc3F)C[C@@H]12. The number of azide groups is 1. The van der Waals surface area contributed by atoms with Gasteiger partial charge in [0.15, 0.2) is 0 Å². The number of anilines is 2. The number of ether oxygens (including phenoxy) is 2. The second-order valence-corrected chi connectivity index (χ2v) is 8.94. The highest BCUT2D eigenvalue weighted by atomic mass is 19.1. The van der Waals surface area contributed by atoms with Crippen molar-refractivity contribution in [2.45, 2.75) is 32.4 Å². The van der Waals surface area contributed by atoms with Crippen LogP contribution < -0.4 is 9.80 Å². The standard InChI is InChI=1S/C20H24FN5O4/c1-20(2,3)30-18(27)17-13-8-25(9-14(13)17)16-5-4-11(6-15(16)21)26-12(7-23-24-22)10-29-19(26)28/h4-6,12-14,17H,7-10H2,1-3H3/t12-,13-,14+,17?/m0/s1. The van der Waals surface area contributed by atoms with Gasteiger partial charge >= 0.3 is 12.1 Å². The number of esters is 1. The molecule has 0 radical (unpaired) electrons. The smallest absolute Gasteiger partial charge is 0.414 e. The lowest BCUT2D eigenvalue weighted by Crippen LogP contribution is -2.35. The van der Waals surface area contributed by atoms with Crippen molar-refractivity contribution in [3.8, 4) is 0 Å². The van der Waals surface area contributed by atoms with Crippen LogP contribution in [-0.2, 0) is 14.3 Å². The second kappa shape index (κ2) is 7.36. The Hall–Kier alpha value is -3.00. The van der Waals surface area contributed by atoms with E-state index < -0.39 is 23.6 Å². The molecule has 3 aliphatic rings. The first-order valence-corrected chi connectivity index (χ1v) is 9.94. The molecule has 10 heteroatoms. The van der Waals surface area contributed by atoms with Gasteiger partial charge in [-0.05, 0) is 56.3 Å². The van der Waals surface area contributed by atoms with Crippen molar-refractivity contribution < 1.29 is 23.5 Å². The van der Waals surface area contributed by atoms with Crippen LogP contribution in [0.4, 0.5) is 20.6 Å². The van der Waals surface area contributed by atoms with Crippen LogP contribution in [0.5, 0.6) is 0 Å². The second-order valence-electron chi connectivity index (χ2n) is 8.94. The zero-order chi connectivity index (χ0) is 21.6. The number of carbonyl (C=O) groups is 2. The number of nitrogens with zero attached hydrogens (tertiary/aromatic N) is 5. The van der Waals surface area contributed by atoms with Gasteiger partial charge in [-0.25, -0.2) is 9.18 Å². The van der Waals surface area contributed by atoms with E-state index in [4.69, 9.17) is 15.0 Å². The number of amides is 1. The maximum atomic E-state index is 14.9. The molecule has 4 atom stereocenters. The summed E-state index contributed by atoms with van der Waals surface area (Å²) in [6, 6.07) is 4.12. The highest BCUT2D eigenvalue weighted by Gasteiger charge is 2.61. The Labute approximate surface area is 173 Å². The fraction of sp³-hybridized carbons (Fsp3) is 0.600.